The van der Waals surface area contributed by atoms with Gasteiger partial charge >= 0.3 is 0 Å². The number of carbonyl (C=O) groups is 2. The zero-order chi connectivity index (χ0) is 15.9. The van der Waals surface area contributed by atoms with E-state index in [0.29, 0.717) is 5.69 Å². The highest BCUT2D eigenvalue weighted by atomic mass is 32.2. The van der Waals surface area contributed by atoms with Crippen LogP contribution in [0.2, 0.25) is 0 Å². The number of aryl methyl sites for hydroxylation is 1. The van der Waals surface area contributed by atoms with E-state index < -0.39 is 28.0 Å². The van der Waals surface area contributed by atoms with Gasteiger partial charge in [-0.1, -0.05) is 30.5 Å². The predicted octanol–water partition coefficient (Wildman–Crippen LogP) is 1.73. The van der Waals surface area contributed by atoms with Crippen LogP contribution in [0, 0.1) is 18.8 Å². The lowest BCUT2D eigenvalue weighted by Crippen LogP contribution is -2.31. The summed E-state index contributed by atoms with van der Waals surface area (Å²) in [5, 5.41) is 0. The molecule has 1 aliphatic heterocycles. The lowest BCUT2D eigenvalue weighted by molar-refractivity contribution is -0.123. The van der Waals surface area contributed by atoms with Gasteiger partial charge in [0, 0.05) is 0 Å². The third kappa shape index (κ3) is 2.37. The lowest BCUT2D eigenvalue weighted by Gasteiger charge is -2.17. The lowest BCUT2D eigenvalue weighted by atomic mass is 9.89. The van der Waals surface area contributed by atoms with Crippen LogP contribution >= 0.6 is 0 Å². The summed E-state index contributed by atoms with van der Waals surface area (Å²) in [6.45, 7) is 1.91. The summed E-state index contributed by atoms with van der Waals surface area (Å²) in [5.74, 6) is -1.95. The van der Waals surface area contributed by atoms with E-state index in [9.17, 15) is 18.0 Å². The Hall–Kier alpha value is -1.95. The second-order valence-corrected chi connectivity index (χ2v) is 6.84. The van der Waals surface area contributed by atoms with Crippen LogP contribution in [0.15, 0.2) is 24.3 Å². The number of imide groups is 1. The molecular formula is C16H17NO4S. The van der Waals surface area contributed by atoms with E-state index in [0.717, 1.165) is 36.1 Å². The average Bonchev–Trinajstić information content (AvgIpc) is 3.07. The number of rotatable bonds is 2. The van der Waals surface area contributed by atoms with Crippen molar-refractivity contribution in [2.75, 3.05) is 4.90 Å². The van der Waals surface area contributed by atoms with E-state index in [1.165, 1.54) is 0 Å². The van der Waals surface area contributed by atoms with Crippen LogP contribution in [0.25, 0.3) is 0 Å². The summed E-state index contributed by atoms with van der Waals surface area (Å²) in [6.07, 6.45) is 3.55. The van der Waals surface area contributed by atoms with Crippen LogP contribution in [0.4, 0.5) is 5.69 Å². The highest BCUT2D eigenvalue weighted by Crippen LogP contribution is 2.37. The van der Waals surface area contributed by atoms with Gasteiger partial charge in [-0.05, 0) is 37.8 Å². The second-order valence-electron chi connectivity index (χ2n) is 5.94. The molecule has 116 valence electrons. The molecule has 2 amide bonds. The molecule has 1 saturated carbocycles. The van der Waals surface area contributed by atoms with Gasteiger partial charge in [0.05, 0.1) is 11.6 Å². The SMILES string of the molecule is Cc1ccc(N2C(=O)C(=S(=O)=O)C(C3CCCC3)C2=O)cc1. The Bertz CT molecular complexity index is 750. The quantitative estimate of drug-likeness (QED) is 0.615. The molecule has 1 heterocycles. The maximum absolute atomic E-state index is 12.7. The van der Waals surface area contributed by atoms with E-state index in [2.05, 4.69) is 0 Å². The number of benzene rings is 1. The second kappa shape index (κ2) is 5.68. The minimum atomic E-state index is -2.66. The third-order valence-corrected chi connectivity index (χ3v) is 5.31. The Morgan fingerprint density at radius 3 is 2.18 bits per heavy atom. The normalized spacial score (nSPS) is 22.7. The first kappa shape index (κ1) is 15.0. The fraction of sp³-hybridized carbons (Fsp3) is 0.438. The number of carbonyl (C=O) groups excluding carboxylic acids is 2. The number of amides is 2. The van der Waals surface area contributed by atoms with Gasteiger partial charge in [0.2, 0.25) is 16.2 Å². The average molecular weight is 319 g/mol. The highest BCUT2D eigenvalue weighted by Gasteiger charge is 2.50. The monoisotopic (exact) mass is 319 g/mol. The fourth-order valence-electron chi connectivity index (χ4n) is 3.41. The van der Waals surface area contributed by atoms with Crippen molar-refractivity contribution in [1.29, 1.82) is 0 Å². The molecule has 0 N–H and O–H groups in total. The molecule has 0 spiro atoms. The summed E-state index contributed by atoms with van der Waals surface area (Å²) in [5.41, 5.74) is 1.44. The zero-order valence-electron chi connectivity index (χ0n) is 12.3. The molecule has 2 aliphatic rings. The van der Waals surface area contributed by atoms with Crippen molar-refractivity contribution in [3.8, 4) is 0 Å². The Labute approximate surface area is 130 Å². The van der Waals surface area contributed by atoms with Crippen LogP contribution < -0.4 is 4.90 Å². The maximum atomic E-state index is 12.7. The number of hydrogen-bond acceptors (Lipinski definition) is 4. The van der Waals surface area contributed by atoms with Gasteiger partial charge in [0.25, 0.3) is 5.91 Å². The van der Waals surface area contributed by atoms with Crippen molar-refractivity contribution in [2.24, 2.45) is 11.8 Å². The summed E-state index contributed by atoms with van der Waals surface area (Å²) in [6, 6.07) is 6.94. The standard InChI is InChI=1S/C16H17NO4S/c1-10-6-8-12(9-7-10)17-15(18)13(11-4-2-3-5-11)14(16(17)19)22(20)21/h6-9,11,13H,2-5H2,1H3. The molecule has 1 atom stereocenters. The van der Waals surface area contributed by atoms with Gasteiger partial charge < -0.3 is 0 Å². The predicted molar refractivity (Wildman–Crippen MR) is 83.0 cm³/mol. The zero-order valence-corrected chi connectivity index (χ0v) is 13.1. The summed E-state index contributed by atoms with van der Waals surface area (Å²) >= 11 is 0. The van der Waals surface area contributed by atoms with Crippen LogP contribution in [0.3, 0.4) is 0 Å². The third-order valence-electron chi connectivity index (χ3n) is 4.53. The molecule has 0 radical (unpaired) electrons. The first-order valence-corrected chi connectivity index (χ1v) is 8.49. The molecule has 1 aromatic carbocycles. The van der Waals surface area contributed by atoms with Crippen molar-refractivity contribution < 1.29 is 18.0 Å². The van der Waals surface area contributed by atoms with E-state index in [1.807, 2.05) is 6.92 Å². The van der Waals surface area contributed by atoms with Crippen LogP contribution in [-0.4, -0.2) is 25.1 Å². The maximum Gasteiger partial charge on any atom is 0.277 e. The Morgan fingerprint density at radius 2 is 1.64 bits per heavy atom. The van der Waals surface area contributed by atoms with E-state index in [1.54, 1.807) is 24.3 Å². The number of nitrogens with zero attached hydrogens (tertiary/aromatic N) is 1. The van der Waals surface area contributed by atoms with Crippen molar-refractivity contribution in [1.82, 2.24) is 0 Å². The molecular weight excluding hydrogens is 302 g/mol. The first-order chi connectivity index (χ1) is 10.5. The minimum Gasteiger partial charge on any atom is -0.273 e. The molecule has 2 fully saturated rings. The highest BCUT2D eigenvalue weighted by molar-refractivity contribution is 7.75. The van der Waals surface area contributed by atoms with Crippen LogP contribution in [0.1, 0.15) is 31.2 Å². The summed E-state index contributed by atoms with van der Waals surface area (Å²) in [7, 11) is -2.66. The number of hydrogen-bond donors (Lipinski definition) is 0. The molecule has 6 heteroatoms. The first-order valence-electron chi connectivity index (χ1n) is 7.42. The van der Waals surface area contributed by atoms with Gasteiger partial charge in [-0.2, -0.15) is 8.42 Å². The summed E-state index contributed by atoms with van der Waals surface area (Å²) < 4.78 is 23.0. The van der Waals surface area contributed by atoms with Gasteiger partial charge in [0.15, 0.2) is 4.86 Å². The van der Waals surface area contributed by atoms with Crippen molar-refractivity contribution in [3.05, 3.63) is 29.8 Å². The van der Waals surface area contributed by atoms with Gasteiger partial charge in [-0.3, -0.25) is 9.59 Å². The van der Waals surface area contributed by atoms with Gasteiger partial charge in [-0.25, -0.2) is 4.90 Å². The molecule has 1 saturated heterocycles. The Balaban J connectivity index is 2.06. The van der Waals surface area contributed by atoms with Gasteiger partial charge in [0.1, 0.15) is 0 Å². The van der Waals surface area contributed by atoms with Crippen LogP contribution in [-0.2, 0) is 19.9 Å². The molecule has 0 aromatic heterocycles. The van der Waals surface area contributed by atoms with E-state index >= 15 is 0 Å². The van der Waals surface area contributed by atoms with Gasteiger partial charge in [-0.15, -0.1) is 0 Å². The Kier molecular flexibility index (Phi) is 3.87. The molecule has 1 unspecified atom stereocenters. The summed E-state index contributed by atoms with van der Waals surface area (Å²) in [4.78, 5) is 26.0. The molecule has 1 aliphatic carbocycles. The van der Waals surface area contributed by atoms with Crippen molar-refractivity contribution >= 4 is 32.7 Å². The fourth-order valence-corrected chi connectivity index (χ4v) is 4.15. The minimum absolute atomic E-state index is 0.0419. The molecule has 1 aromatic rings. The molecule has 22 heavy (non-hydrogen) atoms. The van der Waals surface area contributed by atoms with E-state index in [-0.39, 0.29) is 10.8 Å². The molecule has 0 bridgehead atoms. The Morgan fingerprint density at radius 1 is 1.05 bits per heavy atom. The smallest absolute Gasteiger partial charge is 0.273 e. The number of anilines is 1. The van der Waals surface area contributed by atoms with E-state index in [4.69, 9.17) is 0 Å². The van der Waals surface area contributed by atoms with Crippen molar-refractivity contribution in [2.45, 2.75) is 32.6 Å². The van der Waals surface area contributed by atoms with Crippen molar-refractivity contribution in [3.63, 3.8) is 0 Å². The van der Waals surface area contributed by atoms with Crippen LogP contribution in [0.5, 0.6) is 0 Å². The largest absolute Gasteiger partial charge is 0.277 e. The molecule has 3 rings (SSSR count). The topological polar surface area (TPSA) is 71.5 Å². The molecule has 5 nitrogen and oxygen atoms in total.